The van der Waals surface area contributed by atoms with Crippen molar-refractivity contribution < 1.29 is 13.2 Å². The van der Waals surface area contributed by atoms with E-state index >= 15 is 0 Å². The van der Waals surface area contributed by atoms with E-state index in [0.717, 1.165) is 6.07 Å². The molecule has 0 spiro atoms. The molecule has 0 radical (unpaired) electrons. The summed E-state index contributed by atoms with van der Waals surface area (Å²) in [5.74, 6) is 0. The van der Waals surface area contributed by atoms with Crippen LogP contribution in [-0.4, -0.2) is 4.98 Å². The van der Waals surface area contributed by atoms with Crippen LogP contribution in [0.25, 0.3) is 0 Å². The van der Waals surface area contributed by atoms with Crippen LogP contribution in [0.2, 0.25) is 0 Å². The Kier molecular flexibility index (Phi) is 3.59. The Bertz CT molecular complexity index is 553. The molecule has 0 saturated carbocycles. The number of nitrogens with zero attached hydrogens (tertiary/aromatic N) is 1. The minimum Gasteiger partial charge on any atom is -0.399 e. The van der Waals surface area contributed by atoms with Crippen molar-refractivity contribution in [3.8, 4) is 0 Å². The zero-order chi connectivity index (χ0) is 13.9. The van der Waals surface area contributed by atoms with Gasteiger partial charge < -0.3 is 11.1 Å². The fraction of sp³-hybridized carbons (Fsp3) is 0.154. The average Bonchev–Trinajstić information content (AvgIpc) is 2.37. The number of nitrogens with one attached hydrogen (secondary N) is 1. The van der Waals surface area contributed by atoms with Crippen molar-refractivity contribution in [1.82, 2.24) is 4.98 Å². The van der Waals surface area contributed by atoms with Gasteiger partial charge in [0.05, 0.1) is 17.8 Å². The highest BCUT2D eigenvalue weighted by atomic mass is 19.4. The Morgan fingerprint density at radius 1 is 1.16 bits per heavy atom. The number of hydrogen-bond donors (Lipinski definition) is 2. The molecule has 3 nitrogen and oxygen atoms in total. The standard InChI is InChI=1S/C13H12F3N3/c14-13(15,16)11-7-9(17)4-5-12(11)19-8-10-3-1-2-6-18-10/h1-7,19H,8,17H2. The predicted molar refractivity (Wildman–Crippen MR) is 67.4 cm³/mol. The molecule has 0 aliphatic heterocycles. The number of halogens is 3. The van der Waals surface area contributed by atoms with Crippen LogP contribution in [-0.2, 0) is 12.7 Å². The van der Waals surface area contributed by atoms with Gasteiger partial charge in [0.25, 0.3) is 0 Å². The molecule has 2 rings (SSSR count). The minimum atomic E-state index is -4.44. The van der Waals surface area contributed by atoms with Crippen LogP contribution in [0.4, 0.5) is 24.5 Å². The highest BCUT2D eigenvalue weighted by molar-refractivity contribution is 5.59. The molecule has 0 aliphatic rings. The Morgan fingerprint density at radius 3 is 2.58 bits per heavy atom. The lowest BCUT2D eigenvalue weighted by atomic mass is 10.1. The molecule has 2 aromatic rings. The molecular weight excluding hydrogens is 255 g/mol. The number of benzene rings is 1. The SMILES string of the molecule is Nc1ccc(NCc2ccccn2)c(C(F)(F)F)c1. The van der Waals surface area contributed by atoms with E-state index in [1.807, 2.05) is 0 Å². The van der Waals surface area contributed by atoms with Crippen molar-refractivity contribution in [1.29, 1.82) is 0 Å². The van der Waals surface area contributed by atoms with Gasteiger partial charge in [-0.1, -0.05) is 6.07 Å². The van der Waals surface area contributed by atoms with E-state index in [1.54, 1.807) is 24.4 Å². The Morgan fingerprint density at radius 2 is 1.95 bits per heavy atom. The fourth-order valence-electron chi connectivity index (χ4n) is 1.64. The van der Waals surface area contributed by atoms with Gasteiger partial charge in [-0.3, -0.25) is 4.98 Å². The number of pyridine rings is 1. The van der Waals surface area contributed by atoms with Gasteiger partial charge in [-0.15, -0.1) is 0 Å². The summed E-state index contributed by atoms with van der Waals surface area (Å²) in [4.78, 5) is 4.03. The first kappa shape index (κ1) is 13.2. The summed E-state index contributed by atoms with van der Waals surface area (Å²) < 4.78 is 38.5. The van der Waals surface area contributed by atoms with Crippen LogP contribution in [0.1, 0.15) is 11.3 Å². The van der Waals surface area contributed by atoms with Crippen LogP contribution in [0.5, 0.6) is 0 Å². The van der Waals surface area contributed by atoms with Crippen molar-refractivity contribution >= 4 is 11.4 Å². The molecule has 0 saturated heterocycles. The Hall–Kier alpha value is -2.24. The number of nitrogens with two attached hydrogens (primary N) is 1. The van der Waals surface area contributed by atoms with Gasteiger partial charge >= 0.3 is 6.18 Å². The van der Waals surface area contributed by atoms with Crippen molar-refractivity contribution in [2.45, 2.75) is 12.7 Å². The molecule has 1 heterocycles. The third-order valence-corrected chi connectivity index (χ3v) is 2.54. The van der Waals surface area contributed by atoms with Gasteiger partial charge in [0, 0.05) is 17.6 Å². The third kappa shape index (κ3) is 3.37. The van der Waals surface area contributed by atoms with Gasteiger partial charge in [0.2, 0.25) is 0 Å². The van der Waals surface area contributed by atoms with Gasteiger partial charge in [-0.2, -0.15) is 13.2 Å². The molecule has 0 amide bonds. The number of alkyl halides is 3. The summed E-state index contributed by atoms with van der Waals surface area (Å²) in [5.41, 5.74) is 5.35. The molecule has 1 aromatic carbocycles. The first-order valence-corrected chi connectivity index (χ1v) is 5.57. The molecule has 19 heavy (non-hydrogen) atoms. The van der Waals surface area contributed by atoms with E-state index < -0.39 is 11.7 Å². The van der Waals surface area contributed by atoms with Crippen molar-refractivity contribution in [3.63, 3.8) is 0 Å². The normalized spacial score (nSPS) is 11.3. The minimum absolute atomic E-state index is 0.00708. The van der Waals surface area contributed by atoms with E-state index in [4.69, 9.17) is 5.73 Å². The molecule has 0 fully saturated rings. The zero-order valence-corrected chi connectivity index (χ0v) is 9.91. The number of aromatic nitrogens is 1. The smallest absolute Gasteiger partial charge is 0.399 e. The summed E-state index contributed by atoms with van der Waals surface area (Å²) >= 11 is 0. The van der Waals surface area contributed by atoms with Crippen LogP contribution in [0.15, 0.2) is 42.6 Å². The molecular formula is C13H12F3N3. The maximum Gasteiger partial charge on any atom is 0.418 e. The molecule has 0 bridgehead atoms. The van der Waals surface area contributed by atoms with Crippen LogP contribution in [0.3, 0.4) is 0 Å². The summed E-state index contributed by atoms with van der Waals surface area (Å²) in [6.45, 7) is 0.216. The lowest BCUT2D eigenvalue weighted by Gasteiger charge is -2.15. The van der Waals surface area contributed by atoms with Gasteiger partial charge in [0.15, 0.2) is 0 Å². The molecule has 0 unspecified atom stereocenters. The first-order chi connectivity index (χ1) is 8.97. The van der Waals surface area contributed by atoms with E-state index in [9.17, 15) is 13.2 Å². The van der Waals surface area contributed by atoms with Crippen molar-refractivity contribution in [2.24, 2.45) is 0 Å². The largest absolute Gasteiger partial charge is 0.418 e. The zero-order valence-electron chi connectivity index (χ0n) is 9.91. The highest BCUT2D eigenvalue weighted by Gasteiger charge is 2.33. The molecule has 3 N–H and O–H groups in total. The second-order valence-electron chi connectivity index (χ2n) is 3.98. The molecule has 1 aromatic heterocycles. The monoisotopic (exact) mass is 267 g/mol. The Labute approximate surface area is 108 Å². The third-order valence-electron chi connectivity index (χ3n) is 2.54. The molecule has 0 aliphatic carbocycles. The molecule has 0 atom stereocenters. The number of anilines is 2. The summed E-state index contributed by atoms with van der Waals surface area (Å²) in [6, 6.07) is 8.92. The van der Waals surface area contributed by atoms with E-state index in [0.29, 0.717) is 5.69 Å². The fourth-order valence-corrected chi connectivity index (χ4v) is 1.64. The molecule has 6 heteroatoms. The lowest BCUT2D eigenvalue weighted by molar-refractivity contribution is -0.136. The number of hydrogen-bond acceptors (Lipinski definition) is 3. The quantitative estimate of drug-likeness (QED) is 0.839. The molecule has 100 valence electrons. The average molecular weight is 267 g/mol. The van der Waals surface area contributed by atoms with E-state index in [2.05, 4.69) is 10.3 Å². The van der Waals surface area contributed by atoms with Crippen molar-refractivity contribution in [3.05, 3.63) is 53.9 Å². The highest BCUT2D eigenvalue weighted by Crippen LogP contribution is 2.36. The second-order valence-corrected chi connectivity index (χ2v) is 3.98. The van der Waals surface area contributed by atoms with Gasteiger partial charge in [0.1, 0.15) is 0 Å². The van der Waals surface area contributed by atoms with E-state index in [-0.39, 0.29) is 17.9 Å². The summed E-state index contributed by atoms with van der Waals surface area (Å²) in [5, 5.41) is 2.73. The van der Waals surface area contributed by atoms with E-state index in [1.165, 1.54) is 12.1 Å². The topological polar surface area (TPSA) is 50.9 Å². The maximum atomic E-state index is 12.8. The van der Waals surface area contributed by atoms with Crippen LogP contribution >= 0.6 is 0 Å². The number of nitrogen functional groups attached to an aromatic ring is 1. The van der Waals surface area contributed by atoms with Crippen molar-refractivity contribution in [2.75, 3.05) is 11.1 Å². The Balaban J connectivity index is 2.21. The lowest BCUT2D eigenvalue weighted by Crippen LogP contribution is -2.11. The predicted octanol–water partition coefficient (Wildman–Crippen LogP) is 3.29. The second kappa shape index (κ2) is 5.17. The summed E-state index contributed by atoms with van der Waals surface area (Å²) in [7, 11) is 0. The van der Waals surface area contributed by atoms with Gasteiger partial charge in [-0.25, -0.2) is 0 Å². The maximum absolute atomic E-state index is 12.8. The van der Waals surface area contributed by atoms with Crippen LogP contribution < -0.4 is 11.1 Å². The van der Waals surface area contributed by atoms with Gasteiger partial charge in [-0.05, 0) is 30.3 Å². The first-order valence-electron chi connectivity index (χ1n) is 5.57. The number of rotatable bonds is 3. The van der Waals surface area contributed by atoms with Crippen LogP contribution in [0, 0.1) is 0 Å². The summed E-state index contributed by atoms with van der Waals surface area (Å²) in [6.07, 6.45) is -2.85.